The predicted octanol–water partition coefficient (Wildman–Crippen LogP) is 3.49. The molecular formula is C16H23F3N2O2. The van der Waals surface area contributed by atoms with Crippen LogP contribution in [-0.4, -0.2) is 30.8 Å². The number of aliphatic hydroxyl groups excluding tert-OH is 1. The van der Waals surface area contributed by atoms with Crippen LogP contribution >= 0.6 is 0 Å². The molecule has 0 aliphatic rings. The first-order valence-corrected chi connectivity index (χ1v) is 7.49. The van der Waals surface area contributed by atoms with Crippen LogP contribution in [0.4, 0.5) is 13.2 Å². The van der Waals surface area contributed by atoms with Gasteiger partial charge in [0, 0.05) is 13.2 Å². The largest absolute Gasteiger partial charge is 0.573 e. The maximum absolute atomic E-state index is 12.1. The maximum atomic E-state index is 12.1. The second-order valence-corrected chi connectivity index (χ2v) is 5.54. The second kappa shape index (κ2) is 8.88. The van der Waals surface area contributed by atoms with Gasteiger partial charge in [-0.2, -0.15) is 0 Å². The van der Waals surface area contributed by atoms with Crippen molar-refractivity contribution in [1.29, 1.82) is 5.41 Å². The van der Waals surface area contributed by atoms with Crippen LogP contribution in [0.15, 0.2) is 24.3 Å². The number of nitrogens with one attached hydrogen (secondary N) is 2. The van der Waals surface area contributed by atoms with Crippen molar-refractivity contribution in [2.24, 2.45) is 5.41 Å². The summed E-state index contributed by atoms with van der Waals surface area (Å²) in [5, 5.41) is 19.9. The predicted molar refractivity (Wildman–Crippen MR) is 82.7 cm³/mol. The van der Waals surface area contributed by atoms with Gasteiger partial charge in [-0.25, -0.2) is 0 Å². The van der Waals surface area contributed by atoms with Crippen LogP contribution in [0, 0.1) is 10.8 Å². The fourth-order valence-corrected chi connectivity index (χ4v) is 2.29. The lowest BCUT2D eigenvalue weighted by Gasteiger charge is -2.29. The SMILES string of the molecule is CCC(CO)(CC=N)CCNCc1ccc(OC(F)(F)F)cc1. The molecule has 1 rings (SSSR count). The topological polar surface area (TPSA) is 65.3 Å². The van der Waals surface area contributed by atoms with E-state index in [1.807, 2.05) is 6.92 Å². The summed E-state index contributed by atoms with van der Waals surface area (Å²) >= 11 is 0. The number of halogens is 3. The molecule has 1 unspecified atom stereocenters. The molecule has 0 saturated carbocycles. The summed E-state index contributed by atoms with van der Waals surface area (Å²) in [6.45, 7) is 3.19. The first-order chi connectivity index (χ1) is 10.8. The molecule has 0 heterocycles. The quantitative estimate of drug-likeness (QED) is 0.454. The Morgan fingerprint density at radius 1 is 1.26 bits per heavy atom. The number of hydrogen-bond donors (Lipinski definition) is 3. The molecular weight excluding hydrogens is 309 g/mol. The Morgan fingerprint density at radius 2 is 1.91 bits per heavy atom. The van der Waals surface area contributed by atoms with Gasteiger partial charge in [0.05, 0.1) is 0 Å². The van der Waals surface area contributed by atoms with Gasteiger partial charge in [0.25, 0.3) is 0 Å². The van der Waals surface area contributed by atoms with Gasteiger partial charge in [-0.3, -0.25) is 0 Å². The summed E-state index contributed by atoms with van der Waals surface area (Å²) in [6.07, 6.45) is -1.32. The van der Waals surface area contributed by atoms with Crippen LogP contribution in [-0.2, 0) is 6.54 Å². The van der Waals surface area contributed by atoms with E-state index in [4.69, 9.17) is 5.41 Å². The van der Waals surface area contributed by atoms with E-state index in [0.29, 0.717) is 19.5 Å². The van der Waals surface area contributed by atoms with E-state index in [1.165, 1.54) is 18.3 Å². The van der Waals surface area contributed by atoms with Crippen LogP contribution < -0.4 is 10.1 Å². The summed E-state index contributed by atoms with van der Waals surface area (Å²) in [6, 6.07) is 5.71. The van der Waals surface area contributed by atoms with Crippen molar-refractivity contribution in [3.8, 4) is 5.75 Å². The van der Waals surface area contributed by atoms with Crippen LogP contribution in [0.1, 0.15) is 31.7 Å². The summed E-state index contributed by atoms with van der Waals surface area (Å²) < 4.78 is 40.0. The van der Waals surface area contributed by atoms with Crippen molar-refractivity contribution in [3.63, 3.8) is 0 Å². The Bertz CT molecular complexity index is 471. The Kier molecular flexibility index (Phi) is 7.51. The zero-order chi connectivity index (χ0) is 17.3. The van der Waals surface area contributed by atoms with Crippen molar-refractivity contribution in [3.05, 3.63) is 29.8 Å². The molecule has 0 saturated heterocycles. The average Bonchev–Trinajstić information content (AvgIpc) is 2.50. The molecule has 0 spiro atoms. The smallest absolute Gasteiger partial charge is 0.406 e. The Balaban J connectivity index is 2.42. The molecule has 0 aliphatic carbocycles. The lowest BCUT2D eigenvalue weighted by Crippen LogP contribution is -2.30. The molecule has 0 bridgehead atoms. The van der Waals surface area contributed by atoms with E-state index < -0.39 is 6.36 Å². The number of alkyl halides is 3. The van der Waals surface area contributed by atoms with Crippen molar-refractivity contribution in [2.75, 3.05) is 13.2 Å². The molecule has 1 aromatic rings. The normalized spacial score (nSPS) is 14.3. The van der Waals surface area contributed by atoms with E-state index >= 15 is 0 Å². The molecule has 1 atom stereocenters. The molecule has 130 valence electrons. The third-order valence-corrected chi connectivity index (χ3v) is 3.94. The monoisotopic (exact) mass is 332 g/mol. The van der Waals surface area contributed by atoms with E-state index in [0.717, 1.165) is 18.4 Å². The highest BCUT2D eigenvalue weighted by Gasteiger charge is 2.31. The van der Waals surface area contributed by atoms with E-state index in [-0.39, 0.29) is 17.8 Å². The molecule has 0 aromatic heterocycles. The lowest BCUT2D eigenvalue weighted by molar-refractivity contribution is -0.274. The van der Waals surface area contributed by atoms with Crippen molar-refractivity contribution in [1.82, 2.24) is 5.32 Å². The zero-order valence-electron chi connectivity index (χ0n) is 13.1. The van der Waals surface area contributed by atoms with Gasteiger partial charge in [-0.1, -0.05) is 19.1 Å². The van der Waals surface area contributed by atoms with Crippen molar-refractivity contribution < 1.29 is 23.0 Å². The summed E-state index contributed by atoms with van der Waals surface area (Å²) in [4.78, 5) is 0. The van der Waals surface area contributed by atoms with Crippen LogP contribution in [0.3, 0.4) is 0 Å². The molecule has 3 N–H and O–H groups in total. The Hall–Kier alpha value is -1.60. The zero-order valence-corrected chi connectivity index (χ0v) is 13.1. The summed E-state index contributed by atoms with van der Waals surface area (Å²) in [5.41, 5.74) is 0.566. The number of benzene rings is 1. The van der Waals surface area contributed by atoms with Gasteiger partial charge in [0.1, 0.15) is 5.75 Å². The third-order valence-electron chi connectivity index (χ3n) is 3.94. The van der Waals surface area contributed by atoms with Crippen molar-refractivity contribution >= 4 is 6.21 Å². The number of rotatable bonds is 10. The molecule has 0 amide bonds. The first kappa shape index (κ1) is 19.4. The standard InChI is InChI=1S/C16H23F3N2O2/c1-2-15(12-22,7-9-20)8-10-21-11-13-3-5-14(6-4-13)23-16(17,18)19/h3-6,9,20-22H,2,7-8,10-12H2,1H3. The molecule has 0 aliphatic heterocycles. The summed E-state index contributed by atoms with van der Waals surface area (Å²) in [5.74, 6) is -0.238. The van der Waals surface area contributed by atoms with Gasteiger partial charge in [0.2, 0.25) is 0 Å². The molecule has 4 nitrogen and oxygen atoms in total. The second-order valence-electron chi connectivity index (χ2n) is 5.54. The van der Waals surface area contributed by atoms with Crippen LogP contribution in [0.2, 0.25) is 0 Å². The minimum absolute atomic E-state index is 0.0318. The highest BCUT2D eigenvalue weighted by molar-refractivity contribution is 5.54. The van der Waals surface area contributed by atoms with E-state index in [1.54, 1.807) is 12.1 Å². The lowest BCUT2D eigenvalue weighted by atomic mass is 9.80. The highest BCUT2D eigenvalue weighted by atomic mass is 19.4. The Labute approximate surface area is 134 Å². The molecule has 0 radical (unpaired) electrons. The van der Waals surface area contributed by atoms with Gasteiger partial charge < -0.3 is 20.6 Å². The molecule has 23 heavy (non-hydrogen) atoms. The average molecular weight is 332 g/mol. The molecule has 1 aromatic carbocycles. The van der Waals surface area contributed by atoms with Gasteiger partial charge >= 0.3 is 6.36 Å². The van der Waals surface area contributed by atoms with Crippen LogP contribution in [0.5, 0.6) is 5.75 Å². The van der Waals surface area contributed by atoms with E-state index in [2.05, 4.69) is 10.1 Å². The minimum atomic E-state index is -4.68. The maximum Gasteiger partial charge on any atom is 0.573 e. The number of hydrogen-bond acceptors (Lipinski definition) is 4. The molecule has 0 fully saturated rings. The Morgan fingerprint density at radius 3 is 2.39 bits per heavy atom. The van der Waals surface area contributed by atoms with Gasteiger partial charge in [0.15, 0.2) is 0 Å². The third kappa shape index (κ3) is 7.00. The van der Waals surface area contributed by atoms with Gasteiger partial charge in [-0.15, -0.1) is 13.2 Å². The van der Waals surface area contributed by atoms with Crippen LogP contribution in [0.25, 0.3) is 0 Å². The summed E-state index contributed by atoms with van der Waals surface area (Å²) in [7, 11) is 0. The molecule has 7 heteroatoms. The van der Waals surface area contributed by atoms with E-state index in [9.17, 15) is 18.3 Å². The fourth-order valence-electron chi connectivity index (χ4n) is 2.29. The highest BCUT2D eigenvalue weighted by Crippen LogP contribution is 2.28. The number of ether oxygens (including phenoxy) is 1. The van der Waals surface area contributed by atoms with Gasteiger partial charge in [-0.05, 0) is 55.1 Å². The first-order valence-electron chi connectivity index (χ1n) is 7.49. The fraction of sp³-hybridized carbons (Fsp3) is 0.562. The number of aliphatic hydroxyl groups is 1. The van der Waals surface area contributed by atoms with Crippen molar-refractivity contribution in [2.45, 2.75) is 39.1 Å². The minimum Gasteiger partial charge on any atom is -0.406 e.